The van der Waals surface area contributed by atoms with Gasteiger partial charge in [-0.1, -0.05) is 26.0 Å². The van der Waals surface area contributed by atoms with E-state index in [-0.39, 0.29) is 16.6 Å². The summed E-state index contributed by atoms with van der Waals surface area (Å²) in [4.78, 5) is 14.6. The van der Waals surface area contributed by atoms with Gasteiger partial charge < -0.3 is 4.90 Å². The average Bonchev–Trinajstić information content (AvgIpc) is 2.47. The molecule has 0 aromatic heterocycles. The Morgan fingerprint density at radius 2 is 1.86 bits per heavy atom. The first-order valence-electron chi connectivity index (χ1n) is 7.56. The summed E-state index contributed by atoms with van der Waals surface area (Å²) in [6.45, 7) is 5.43. The molecule has 5 heteroatoms. The summed E-state index contributed by atoms with van der Waals surface area (Å²) in [7, 11) is -3.38. The van der Waals surface area contributed by atoms with Crippen molar-refractivity contribution in [3.63, 3.8) is 0 Å². The minimum absolute atomic E-state index is 0.0777. The van der Waals surface area contributed by atoms with Gasteiger partial charge in [0.2, 0.25) is 0 Å². The van der Waals surface area contributed by atoms with Crippen LogP contribution in [0.4, 0.5) is 0 Å². The number of carbonyl (C=O) groups excluding carboxylic acids is 1. The largest absolute Gasteiger partial charge is 0.339 e. The van der Waals surface area contributed by atoms with Gasteiger partial charge in [0.15, 0.2) is 9.84 Å². The van der Waals surface area contributed by atoms with Crippen LogP contribution in [-0.2, 0) is 9.84 Å². The van der Waals surface area contributed by atoms with Crippen LogP contribution in [-0.4, -0.2) is 38.1 Å². The third-order valence-corrected chi connectivity index (χ3v) is 5.97. The van der Waals surface area contributed by atoms with Crippen LogP contribution in [0.5, 0.6) is 0 Å². The monoisotopic (exact) mass is 309 g/mol. The number of amides is 1. The molecular formula is C16H23NO3S. The minimum atomic E-state index is -3.38. The predicted molar refractivity (Wildman–Crippen MR) is 83.1 cm³/mol. The maximum atomic E-state index is 12.6. The van der Waals surface area contributed by atoms with E-state index in [0.717, 1.165) is 12.8 Å². The van der Waals surface area contributed by atoms with Gasteiger partial charge in [0.05, 0.1) is 16.2 Å². The molecule has 1 aromatic carbocycles. The Kier molecular flexibility index (Phi) is 5.04. The van der Waals surface area contributed by atoms with Crippen LogP contribution in [0.2, 0.25) is 0 Å². The third kappa shape index (κ3) is 3.64. The van der Waals surface area contributed by atoms with Crippen molar-refractivity contribution in [3.8, 4) is 0 Å². The van der Waals surface area contributed by atoms with Gasteiger partial charge in [-0.2, -0.15) is 0 Å². The summed E-state index contributed by atoms with van der Waals surface area (Å²) in [5.74, 6) is 0.555. The van der Waals surface area contributed by atoms with E-state index >= 15 is 0 Å². The lowest BCUT2D eigenvalue weighted by atomic mass is 9.98. The van der Waals surface area contributed by atoms with E-state index in [1.165, 1.54) is 0 Å². The van der Waals surface area contributed by atoms with E-state index in [2.05, 4.69) is 6.92 Å². The number of carbonyl (C=O) groups is 1. The van der Waals surface area contributed by atoms with E-state index < -0.39 is 9.84 Å². The minimum Gasteiger partial charge on any atom is -0.339 e. The van der Waals surface area contributed by atoms with Crippen LogP contribution in [0.3, 0.4) is 0 Å². The summed E-state index contributed by atoms with van der Waals surface area (Å²) in [6, 6.07) is 6.58. The summed E-state index contributed by atoms with van der Waals surface area (Å²) in [6.07, 6.45) is 2.51. The quantitative estimate of drug-likeness (QED) is 0.859. The molecule has 2 rings (SSSR count). The van der Waals surface area contributed by atoms with Crippen molar-refractivity contribution in [2.45, 2.75) is 38.0 Å². The Hall–Kier alpha value is -1.36. The summed E-state index contributed by atoms with van der Waals surface area (Å²) < 4.78 is 24.6. The Morgan fingerprint density at radius 1 is 1.24 bits per heavy atom. The summed E-state index contributed by atoms with van der Waals surface area (Å²) in [5.41, 5.74) is 0.320. The smallest absolute Gasteiger partial charge is 0.255 e. The van der Waals surface area contributed by atoms with Gasteiger partial charge in [-0.05, 0) is 37.3 Å². The van der Waals surface area contributed by atoms with Crippen molar-refractivity contribution in [2.24, 2.45) is 5.92 Å². The summed E-state index contributed by atoms with van der Waals surface area (Å²) >= 11 is 0. The molecule has 0 N–H and O–H groups in total. The third-order valence-electron chi connectivity index (χ3n) is 4.00. The zero-order chi connectivity index (χ0) is 15.5. The first kappa shape index (κ1) is 16.0. The lowest BCUT2D eigenvalue weighted by Crippen LogP contribution is -2.38. The Balaban J connectivity index is 2.30. The normalized spacial score (nSPS) is 17.0. The molecule has 1 amide bonds. The van der Waals surface area contributed by atoms with Crippen LogP contribution < -0.4 is 0 Å². The highest BCUT2D eigenvalue weighted by Crippen LogP contribution is 2.23. The van der Waals surface area contributed by atoms with E-state index in [1.54, 1.807) is 29.2 Å². The highest BCUT2D eigenvalue weighted by atomic mass is 32.2. The number of rotatable bonds is 4. The average molecular weight is 309 g/mol. The Labute approximate surface area is 127 Å². The number of benzene rings is 1. The molecule has 0 atom stereocenters. The van der Waals surface area contributed by atoms with E-state index in [4.69, 9.17) is 0 Å². The number of likely N-dealkylation sites (tertiary alicyclic amines) is 1. The second kappa shape index (κ2) is 6.60. The molecule has 1 heterocycles. The fraction of sp³-hybridized carbons (Fsp3) is 0.562. The molecule has 0 spiro atoms. The van der Waals surface area contributed by atoms with E-state index in [1.807, 2.05) is 6.92 Å². The summed E-state index contributed by atoms with van der Waals surface area (Å²) in [5, 5.41) is 0. The number of piperidine rings is 1. The topological polar surface area (TPSA) is 54.5 Å². The first-order valence-corrected chi connectivity index (χ1v) is 9.22. The second-order valence-electron chi connectivity index (χ2n) is 5.79. The zero-order valence-electron chi connectivity index (χ0n) is 12.7. The second-order valence-corrected chi connectivity index (χ2v) is 7.87. The molecule has 4 nitrogen and oxygen atoms in total. The van der Waals surface area contributed by atoms with Crippen molar-refractivity contribution in [2.75, 3.05) is 18.8 Å². The van der Waals surface area contributed by atoms with Gasteiger partial charge in [-0.25, -0.2) is 8.42 Å². The number of sulfone groups is 1. The molecule has 0 aliphatic carbocycles. The van der Waals surface area contributed by atoms with Crippen molar-refractivity contribution < 1.29 is 13.2 Å². The lowest BCUT2D eigenvalue weighted by Gasteiger charge is -2.30. The fourth-order valence-electron chi connectivity index (χ4n) is 2.68. The fourth-order valence-corrected chi connectivity index (χ4v) is 4.21. The van der Waals surface area contributed by atoms with Crippen molar-refractivity contribution in [3.05, 3.63) is 29.8 Å². The Morgan fingerprint density at radius 3 is 2.48 bits per heavy atom. The molecule has 1 aliphatic heterocycles. The van der Waals surface area contributed by atoms with Gasteiger partial charge in [0.1, 0.15) is 0 Å². The highest BCUT2D eigenvalue weighted by Gasteiger charge is 2.26. The van der Waals surface area contributed by atoms with Crippen LogP contribution >= 0.6 is 0 Å². The molecular weight excluding hydrogens is 286 g/mol. The van der Waals surface area contributed by atoms with Gasteiger partial charge >= 0.3 is 0 Å². The molecule has 116 valence electrons. The van der Waals surface area contributed by atoms with Gasteiger partial charge in [0.25, 0.3) is 5.91 Å². The van der Waals surface area contributed by atoms with Gasteiger partial charge in [-0.3, -0.25) is 4.79 Å². The van der Waals surface area contributed by atoms with Crippen LogP contribution in [0, 0.1) is 5.92 Å². The molecule has 21 heavy (non-hydrogen) atoms. The molecule has 1 aliphatic rings. The zero-order valence-corrected chi connectivity index (χ0v) is 13.5. The number of hydrogen-bond acceptors (Lipinski definition) is 3. The standard InChI is InChI=1S/C16H23NO3S/c1-3-12-21(19,20)15-7-5-4-6-14(15)16(18)17-10-8-13(2)9-11-17/h4-7,13H,3,8-12H2,1-2H3. The highest BCUT2D eigenvalue weighted by molar-refractivity contribution is 7.91. The lowest BCUT2D eigenvalue weighted by molar-refractivity contribution is 0.0693. The molecule has 1 saturated heterocycles. The van der Waals surface area contributed by atoms with Crippen LogP contribution in [0.25, 0.3) is 0 Å². The maximum absolute atomic E-state index is 12.6. The molecule has 1 aromatic rings. The predicted octanol–water partition coefficient (Wildman–Crippen LogP) is 2.74. The number of nitrogens with zero attached hydrogens (tertiary/aromatic N) is 1. The molecule has 0 bridgehead atoms. The molecule has 1 fully saturated rings. The van der Waals surface area contributed by atoms with Gasteiger partial charge in [-0.15, -0.1) is 0 Å². The van der Waals surface area contributed by atoms with Crippen LogP contribution in [0.15, 0.2) is 29.2 Å². The van der Waals surface area contributed by atoms with Crippen molar-refractivity contribution in [1.29, 1.82) is 0 Å². The molecule has 0 radical (unpaired) electrons. The molecule has 0 unspecified atom stereocenters. The molecule has 0 saturated carbocycles. The van der Waals surface area contributed by atoms with Crippen molar-refractivity contribution >= 4 is 15.7 Å². The van der Waals surface area contributed by atoms with E-state index in [9.17, 15) is 13.2 Å². The SMILES string of the molecule is CCCS(=O)(=O)c1ccccc1C(=O)N1CCC(C)CC1. The van der Waals surface area contributed by atoms with Crippen LogP contribution in [0.1, 0.15) is 43.5 Å². The van der Waals surface area contributed by atoms with Gasteiger partial charge in [0, 0.05) is 13.1 Å². The first-order chi connectivity index (χ1) is 9.95. The maximum Gasteiger partial charge on any atom is 0.255 e. The number of hydrogen-bond donors (Lipinski definition) is 0. The Bertz CT molecular complexity index is 602. The van der Waals surface area contributed by atoms with Crippen molar-refractivity contribution in [1.82, 2.24) is 4.90 Å². The van der Waals surface area contributed by atoms with E-state index in [0.29, 0.717) is 31.0 Å².